The predicted molar refractivity (Wildman–Crippen MR) is 139 cm³/mol. The first kappa shape index (κ1) is 25.5. The molecule has 0 spiro atoms. The molecule has 0 unspecified atom stereocenters. The van der Waals surface area contributed by atoms with Crippen molar-refractivity contribution in [3.8, 4) is 0 Å². The van der Waals surface area contributed by atoms with E-state index in [1.165, 1.54) is 4.31 Å². The number of anilines is 1. The van der Waals surface area contributed by atoms with Crippen LogP contribution >= 0.6 is 0 Å². The van der Waals surface area contributed by atoms with Crippen LogP contribution in [0.4, 0.5) is 5.69 Å². The smallest absolute Gasteiger partial charge is 0.253 e. The molecule has 0 bridgehead atoms. The normalized spacial score (nSPS) is 14.8. The van der Waals surface area contributed by atoms with E-state index in [9.17, 15) is 18.0 Å². The maximum atomic E-state index is 13.0. The first-order chi connectivity index (χ1) is 17.3. The number of amides is 2. The zero-order valence-corrected chi connectivity index (χ0v) is 21.0. The Morgan fingerprint density at radius 1 is 0.972 bits per heavy atom. The fourth-order valence-corrected chi connectivity index (χ4v) is 5.75. The first-order valence-electron chi connectivity index (χ1n) is 11.9. The second-order valence-electron chi connectivity index (χ2n) is 8.99. The van der Waals surface area contributed by atoms with Crippen molar-refractivity contribution < 1.29 is 18.0 Å². The van der Waals surface area contributed by atoms with Crippen LogP contribution in [0.2, 0.25) is 0 Å². The minimum Gasteiger partial charge on any atom is -0.348 e. The van der Waals surface area contributed by atoms with Crippen molar-refractivity contribution in [3.05, 3.63) is 95.3 Å². The Balaban J connectivity index is 1.33. The number of hydrogen-bond donors (Lipinski definition) is 2. The van der Waals surface area contributed by atoms with Crippen LogP contribution in [-0.4, -0.2) is 42.6 Å². The van der Waals surface area contributed by atoms with E-state index in [4.69, 9.17) is 0 Å². The van der Waals surface area contributed by atoms with Gasteiger partial charge in [-0.1, -0.05) is 48.0 Å². The molecule has 0 radical (unpaired) electrons. The number of sulfonamides is 1. The Kier molecular flexibility index (Phi) is 8.12. The van der Waals surface area contributed by atoms with Gasteiger partial charge in [0, 0.05) is 37.9 Å². The molecule has 0 saturated carbocycles. The number of para-hydroxylation sites is 1. The van der Waals surface area contributed by atoms with Crippen LogP contribution in [-0.2, 0) is 27.1 Å². The van der Waals surface area contributed by atoms with Crippen molar-refractivity contribution in [2.45, 2.75) is 32.1 Å². The fraction of sp³-hybridized carbons (Fsp3) is 0.296. The molecule has 1 aliphatic rings. The minimum absolute atomic E-state index is 0.0499. The van der Waals surface area contributed by atoms with Crippen LogP contribution in [0.25, 0.3) is 0 Å². The summed E-state index contributed by atoms with van der Waals surface area (Å²) in [5.41, 5.74) is 3.50. The van der Waals surface area contributed by atoms with Gasteiger partial charge in [0.25, 0.3) is 5.91 Å². The number of rotatable bonds is 8. The number of aryl methyl sites for hydroxylation is 1. The molecule has 1 saturated heterocycles. The highest BCUT2D eigenvalue weighted by Gasteiger charge is 2.31. The van der Waals surface area contributed by atoms with E-state index < -0.39 is 10.0 Å². The van der Waals surface area contributed by atoms with Gasteiger partial charge in [-0.3, -0.25) is 14.6 Å². The lowest BCUT2D eigenvalue weighted by Gasteiger charge is -2.30. The molecule has 3 aromatic rings. The highest BCUT2D eigenvalue weighted by Crippen LogP contribution is 2.24. The van der Waals surface area contributed by atoms with E-state index in [1.54, 1.807) is 42.7 Å². The number of nitrogens with one attached hydrogen (secondary N) is 2. The van der Waals surface area contributed by atoms with Crippen LogP contribution in [0.1, 0.15) is 39.9 Å². The average Bonchev–Trinajstić information content (AvgIpc) is 2.89. The summed E-state index contributed by atoms with van der Waals surface area (Å²) < 4.78 is 27.2. The van der Waals surface area contributed by atoms with Gasteiger partial charge in [0.1, 0.15) is 0 Å². The second kappa shape index (κ2) is 11.5. The zero-order chi connectivity index (χ0) is 25.5. The number of aromatic nitrogens is 1. The lowest BCUT2D eigenvalue weighted by atomic mass is 9.97. The van der Waals surface area contributed by atoms with Gasteiger partial charge in [-0.2, -0.15) is 0 Å². The summed E-state index contributed by atoms with van der Waals surface area (Å²) in [5, 5.41) is 5.73. The van der Waals surface area contributed by atoms with Crippen LogP contribution in [0, 0.1) is 12.8 Å². The Hall–Kier alpha value is -3.56. The van der Waals surface area contributed by atoms with Crippen molar-refractivity contribution in [3.63, 3.8) is 0 Å². The van der Waals surface area contributed by atoms with Crippen LogP contribution in [0.5, 0.6) is 0 Å². The highest BCUT2D eigenvalue weighted by molar-refractivity contribution is 7.88. The molecule has 4 rings (SSSR count). The molecule has 0 atom stereocenters. The maximum Gasteiger partial charge on any atom is 0.253 e. The number of carbonyl (C=O) groups excluding carboxylic acids is 2. The molecule has 2 heterocycles. The first-order valence-corrected chi connectivity index (χ1v) is 13.5. The molecule has 36 heavy (non-hydrogen) atoms. The maximum absolute atomic E-state index is 13.0. The van der Waals surface area contributed by atoms with Gasteiger partial charge in [-0.15, -0.1) is 0 Å². The second-order valence-corrected chi connectivity index (χ2v) is 11.0. The van der Waals surface area contributed by atoms with E-state index in [-0.39, 0.29) is 23.5 Å². The summed E-state index contributed by atoms with van der Waals surface area (Å²) in [6.07, 6.45) is 4.20. The summed E-state index contributed by atoms with van der Waals surface area (Å²) in [6, 6.07) is 18.0. The van der Waals surface area contributed by atoms with Gasteiger partial charge in [0.05, 0.1) is 17.0 Å². The molecule has 1 fully saturated rings. The van der Waals surface area contributed by atoms with E-state index in [0.29, 0.717) is 43.7 Å². The van der Waals surface area contributed by atoms with Crippen molar-refractivity contribution >= 4 is 27.5 Å². The average molecular weight is 507 g/mol. The Bertz CT molecular complexity index is 1300. The zero-order valence-electron chi connectivity index (χ0n) is 20.2. The third-order valence-electron chi connectivity index (χ3n) is 6.29. The lowest BCUT2D eigenvalue weighted by Crippen LogP contribution is -2.42. The molecule has 0 aliphatic carbocycles. The van der Waals surface area contributed by atoms with Crippen LogP contribution in [0.3, 0.4) is 0 Å². The largest absolute Gasteiger partial charge is 0.348 e. The minimum atomic E-state index is -3.46. The summed E-state index contributed by atoms with van der Waals surface area (Å²) in [7, 11) is -3.46. The number of benzene rings is 2. The monoisotopic (exact) mass is 506 g/mol. The topological polar surface area (TPSA) is 108 Å². The summed E-state index contributed by atoms with van der Waals surface area (Å²) >= 11 is 0. The van der Waals surface area contributed by atoms with Gasteiger partial charge in [-0.25, -0.2) is 12.7 Å². The van der Waals surface area contributed by atoms with Gasteiger partial charge in [0.15, 0.2) is 0 Å². The molecule has 2 aromatic carbocycles. The number of pyridine rings is 1. The van der Waals surface area contributed by atoms with E-state index >= 15 is 0 Å². The Morgan fingerprint density at radius 3 is 2.39 bits per heavy atom. The van der Waals surface area contributed by atoms with Gasteiger partial charge < -0.3 is 10.6 Å². The molecular weight excluding hydrogens is 476 g/mol. The van der Waals surface area contributed by atoms with Crippen LogP contribution < -0.4 is 10.6 Å². The third-order valence-corrected chi connectivity index (χ3v) is 8.14. The Labute approximate surface area is 211 Å². The molecule has 1 aliphatic heterocycles. The fourth-order valence-electron chi connectivity index (χ4n) is 4.19. The third kappa shape index (κ3) is 6.56. The lowest BCUT2D eigenvalue weighted by molar-refractivity contribution is -0.120. The molecule has 188 valence electrons. The molecular formula is C27H30N4O4S. The number of carbonyl (C=O) groups is 2. The molecule has 1 aromatic heterocycles. The summed E-state index contributed by atoms with van der Waals surface area (Å²) in [6.45, 7) is 2.87. The van der Waals surface area contributed by atoms with Crippen molar-refractivity contribution in [1.29, 1.82) is 0 Å². The van der Waals surface area contributed by atoms with Gasteiger partial charge in [-0.05, 0) is 49.1 Å². The quantitative estimate of drug-likeness (QED) is 0.486. The number of nitrogens with zero attached hydrogens (tertiary/aromatic N) is 2. The van der Waals surface area contributed by atoms with Crippen molar-refractivity contribution in [2.24, 2.45) is 5.92 Å². The molecule has 9 heteroatoms. The predicted octanol–water partition coefficient (Wildman–Crippen LogP) is 3.50. The summed E-state index contributed by atoms with van der Waals surface area (Å²) in [5.74, 6) is -0.890. The highest BCUT2D eigenvalue weighted by atomic mass is 32.2. The standard InChI is InChI=1S/C27H30N4O4S/c1-20-8-10-21(11-9-20)19-36(34,35)31-15-12-23(13-16-31)26(32)30-25-7-3-2-6-24(25)27(33)29-18-22-5-4-14-28-17-22/h2-11,14,17,23H,12-13,15-16,18-19H2,1H3,(H,29,33)(H,30,32). The van der Waals surface area contributed by atoms with Crippen molar-refractivity contribution in [1.82, 2.24) is 14.6 Å². The molecule has 2 amide bonds. The number of hydrogen-bond acceptors (Lipinski definition) is 5. The molecule has 2 N–H and O–H groups in total. The number of piperidine rings is 1. The van der Waals surface area contributed by atoms with Crippen molar-refractivity contribution in [2.75, 3.05) is 18.4 Å². The summed E-state index contributed by atoms with van der Waals surface area (Å²) in [4.78, 5) is 29.8. The van der Waals surface area contributed by atoms with Gasteiger partial charge >= 0.3 is 0 Å². The van der Waals surface area contributed by atoms with E-state index in [1.807, 2.05) is 37.3 Å². The SMILES string of the molecule is Cc1ccc(CS(=O)(=O)N2CCC(C(=O)Nc3ccccc3C(=O)NCc3cccnc3)CC2)cc1. The molecule has 8 nitrogen and oxygen atoms in total. The van der Waals surface area contributed by atoms with E-state index in [2.05, 4.69) is 15.6 Å². The Morgan fingerprint density at radius 2 is 1.69 bits per heavy atom. The van der Waals surface area contributed by atoms with Crippen LogP contribution in [0.15, 0.2) is 73.1 Å². The van der Waals surface area contributed by atoms with E-state index in [0.717, 1.165) is 16.7 Å². The van der Waals surface area contributed by atoms with Gasteiger partial charge in [0.2, 0.25) is 15.9 Å².